The molecule has 0 saturated heterocycles. The second-order valence-electron chi connectivity index (χ2n) is 3.38. The summed E-state index contributed by atoms with van der Waals surface area (Å²) < 4.78 is 0. The minimum atomic E-state index is 0.0886. The lowest BCUT2D eigenvalue weighted by Crippen LogP contribution is -2.25. The number of nitrogens with one attached hydrogen (secondary N) is 1. The third-order valence-electron chi connectivity index (χ3n) is 2.12. The Hall–Kier alpha value is -1.24. The summed E-state index contributed by atoms with van der Waals surface area (Å²) in [5, 5.41) is 21.7. The fraction of sp³-hybridized carbons (Fsp3) is 0.364. The number of nitrogens with zero attached hydrogens (tertiary/aromatic N) is 1. The van der Waals surface area contributed by atoms with Crippen molar-refractivity contribution in [3.63, 3.8) is 0 Å². The Morgan fingerprint density at radius 2 is 2.33 bits per heavy atom. The van der Waals surface area contributed by atoms with E-state index in [0.29, 0.717) is 23.6 Å². The van der Waals surface area contributed by atoms with Crippen LogP contribution in [-0.4, -0.2) is 11.1 Å². The third kappa shape index (κ3) is 3.43. The van der Waals surface area contributed by atoms with Gasteiger partial charge in [-0.2, -0.15) is 5.26 Å². The van der Waals surface area contributed by atoms with Crippen molar-refractivity contribution in [1.29, 1.82) is 5.26 Å². The van der Waals surface area contributed by atoms with E-state index >= 15 is 0 Å². The summed E-state index contributed by atoms with van der Waals surface area (Å²) in [6, 6.07) is 7.18. The first kappa shape index (κ1) is 11.8. The highest BCUT2D eigenvalue weighted by atomic mass is 35.5. The fourth-order valence-corrected chi connectivity index (χ4v) is 1.44. The predicted molar refractivity (Wildman–Crippen MR) is 59.6 cm³/mol. The number of halogens is 1. The van der Waals surface area contributed by atoms with Crippen LogP contribution in [0.25, 0.3) is 0 Å². The molecule has 1 aromatic carbocycles. The second-order valence-corrected chi connectivity index (χ2v) is 3.79. The van der Waals surface area contributed by atoms with Crippen LogP contribution < -0.4 is 5.32 Å². The highest BCUT2D eigenvalue weighted by Gasteiger charge is 2.07. The molecule has 4 heteroatoms. The monoisotopic (exact) mass is 224 g/mol. The van der Waals surface area contributed by atoms with E-state index in [0.717, 1.165) is 0 Å². The lowest BCUT2D eigenvalue weighted by molar-refractivity contribution is 0.459. The van der Waals surface area contributed by atoms with Gasteiger partial charge in [0.15, 0.2) is 0 Å². The summed E-state index contributed by atoms with van der Waals surface area (Å²) in [5.41, 5.74) is 0.670. The summed E-state index contributed by atoms with van der Waals surface area (Å²) in [6.45, 7) is 2.38. The maximum absolute atomic E-state index is 9.54. The minimum absolute atomic E-state index is 0.0886. The zero-order chi connectivity index (χ0) is 11.3. The van der Waals surface area contributed by atoms with Crippen molar-refractivity contribution < 1.29 is 5.11 Å². The molecule has 0 radical (unpaired) electrons. The van der Waals surface area contributed by atoms with Crippen LogP contribution in [0.4, 0.5) is 0 Å². The van der Waals surface area contributed by atoms with Gasteiger partial charge in [-0.05, 0) is 19.1 Å². The van der Waals surface area contributed by atoms with Crippen LogP contribution >= 0.6 is 11.6 Å². The summed E-state index contributed by atoms with van der Waals surface area (Å²) in [6.07, 6.45) is 0.436. The third-order valence-corrected chi connectivity index (χ3v) is 2.47. The van der Waals surface area contributed by atoms with Crippen molar-refractivity contribution in [2.45, 2.75) is 25.9 Å². The Balaban J connectivity index is 2.62. The molecule has 3 nitrogen and oxygen atoms in total. The number of hydrogen-bond donors (Lipinski definition) is 2. The average molecular weight is 225 g/mol. The number of rotatable bonds is 4. The molecule has 2 N–H and O–H groups in total. The average Bonchev–Trinajstić information content (AvgIpc) is 2.17. The molecule has 0 aromatic heterocycles. The molecule has 1 aromatic rings. The Kier molecular flexibility index (Phi) is 4.41. The summed E-state index contributed by atoms with van der Waals surface area (Å²) in [4.78, 5) is 0. The second kappa shape index (κ2) is 5.59. The van der Waals surface area contributed by atoms with E-state index in [1.807, 2.05) is 6.92 Å². The maximum Gasteiger partial charge on any atom is 0.121 e. The minimum Gasteiger partial charge on any atom is -0.508 e. The smallest absolute Gasteiger partial charge is 0.121 e. The van der Waals surface area contributed by atoms with Gasteiger partial charge in [0.25, 0.3) is 0 Å². The first-order chi connectivity index (χ1) is 7.15. The van der Waals surface area contributed by atoms with Crippen molar-refractivity contribution >= 4 is 11.6 Å². The molecule has 0 bridgehead atoms. The van der Waals surface area contributed by atoms with Gasteiger partial charge >= 0.3 is 0 Å². The van der Waals surface area contributed by atoms with Crippen LogP contribution in [0.3, 0.4) is 0 Å². The standard InChI is InChI=1S/C11H13ClN2O/c1-8(5-6-13)14-7-9-10(12)3-2-4-11(9)15/h2-4,8,14-15H,5,7H2,1H3. The van der Waals surface area contributed by atoms with Crippen LogP contribution in [-0.2, 0) is 6.54 Å². The van der Waals surface area contributed by atoms with Gasteiger partial charge in [-0.3, -0.25) is 0 Å². The number of phenols is 1. The van der Waals surface area contributed by atoms with E-state index in [4.69, 9.17) is 16.9 Å². The molecule has 0 aliphatic carbocycles. The number of nitriles is 1. The lowest BCUT2D eigenvalue weighted by Gasteiger charge is -2.12. The van der Waals surface area contributed by atoms with Gasteiger partial charge in [0.2, 0.25) is 0 Å². The van der Waals surface area contributed by atoms with E-state index in [1.165, 1.54) is 0 Å². The predicted octanol–water partition coefficient (Wildman–Crippen LogP) is 2.44. The number of benzene rings is 1. The van der Waals surface area contributed by atoms with E-state index < -0.39 is 0 Å². The van der Waals surface area contributed by atoms with Gasteiger partial charge in [0.05, 0.1) is 12.5 Å². The highest BCUT2D eigenvalue weighted by molar-refractivity contribution is 6.31. The van der Waals surface area contributed by atoms with Gasteiger partial charge in [-0.15, -0.1) is 0 Å². The van der Waals surface area contributed by atoms with E-state index in [2.05, 4.69) is 11.4 Å². The summed E-state index contributed by atoms with van der Waals surface area (Å²) in [7, 11) is 0. The van der Waals surface area contributed by atoms with Crippen LogP contribution in [0.5, 0.6) is 5.75 Å². The Morgan fingerprint density at radius 1 is 1.60 bits per heavy atom. The van der Waals surface area contributed by atoms with Crippen molar-refractivity contribution in [3.05, 3.63) is 28.8 Å². The highest BCUT2D eigenvalue weighted by Crippen LogP contribution is 2.24. The van der Waals surface area contributed by atoms with Crippen LogP contribution in [0.1, 0.15) is 18.9 Å². The lowest BCUT2D eigenvalue weighted by atomic mass is 10.1. The fourth-order valence-electron chi connectivity index (χ4n) is 1.21. The normalized spacial score (nSPS) is 12.1. The molecule has 15 heavy (non-hydrogen) atoms. The quantitative estimate of drug-likeness (QED) is 0.826. The molecule has 0 fully saturated rings. The number of aromatic hydroxyl groups is 1. The van der Waals surface area contributed by atoms with E-state index in [-0.39, 0.29) is 11.8 Å². The molecule has 1 atom stereocenters. The van der Waals surface area contributed by atoms with Crippen molar-refractivity contribution in [2.75, 3.05) is 0 Å². The van der Waals surface area contributed by atoms with Crippen molar-refractivity contribution in [3.8, 4) is 11.8 Å². The largest absolute Gasteiger partial charge is 0.508 e. The van der Waals surface area contributed by atoms with Gasteiger partial charge in [0, 0.05) is 23.2 Å². The van der Waals surface area contributed by atoms with Crippen LogP contribution in [0, 0.1) is 11.3 Å². The Labute approximate surface area is 94.3 Å². The Morgan fingerprint density at radius 3 is 2.93 bits per heavy atom. The first-order valence-corrected chi connectivity index (χ1v) is 5.09. The van der Waals surface area contributed by atoms with Crippen LogP contribution in [0.2, 0.25) is 5.02 Å². The topological polar surface area (TPSA) is 56.0 Å². The maximum atomic E-state index is 9.54. The zero-order valence-electron chi connectivity index (χ0n) is 8.50. The van der Waals surface area contributed by atoms with Gasteiger partial charge < -0.3 is 10.4 Å². The molecule has 0 heterocycles. The molecule has 80 valence electrons. The molecule has 1 unspecified atom stereocenters. The Bertz CT molecular complexity index is 353. The molecule has 0 amide bonds. The molecule has 0 spiro atoms. The number of hydrogen-bond acceptors (Lipinski definition) is 3. The van der Waals surface area contributed by atoms with E-state index in [1.54, 1.807) is 18.2 Å². The van der Waals surface area contributed by atoms with Gasteiger partial charge in [-0.25, -0.2) is 0 Å². The summed E-state index contributed by atoms with van der Waals surface area (Å²) in [5.74, 6) is 0.180. The molecule has 1 rings (SSSR count). The van der Waals surface area contributed by atoms with E-state index in [9.17, 15) is 5.11 Å². The molecular formula is C11H13ClN2O. The SMILES string of the molecule is CC(CC#N)NCc1c(O)cccc1Cl. The van der Waals surface area contributed by atoms with Gasteiger partial charge in [0.1, 0.15) is 5.75 Å². The number of phenolic OH excluding ortho intramolecular Hbond substituents is 1. The molecule has 0 saturated carbocycles. The van der Waals surface area contributed by atoms with Crippen LogP contribution in [0.15, 0.2) is 18.2 Å². The molecule has 0 aliphatic heterocycles. The van der Waals surface area contributed by atoms with Crippen molar-refractivity contribution in [1.82, 2.24) is 5.32 Å². The van der Waals surface area contributed by atoms with Gasteiger partial charge in [-0.1, -0.05) is 17.7 Å². The van der Waals surface area contributed by atoms with Crippen molar-refractivity contribution in [2.24, 2.45) is 0 Å². The molecule has 0 aliphatic rings. The first-order valence-electron chi connectivity index (χ1n) is 4.72. The molecular weight excluding hydrogens is 212 g/mol. The zero-order valence-corrected chi connectivity index (χ0v) is 9.25. The summed E-state index contributed by atoms with van der Waals surface area (Å²) >= 11 is 5.93.